The summed E-state index contributed by atoms with van der Waals surface area (Å²) in [6.45, 7) is 6.95. The van der Waals surface area contributed by atoms with Gasteiger partial charge >= 0.3 is 0 Å². The maximum absolute atomic E-state index is 5.41. The first kappa shape index (κ1) is 13.7. The molecule has 1 atom stereocenters. The van der Waals surface area contributed by atoms with Crippen LogP contribution >= 0.6 is 11.3 Å². The van der Waals surface area contributed by atoms with Gasteiger partial charge < -0.3 is 10.1 Å². The second kappa shape index (κ2) is 8.74. The average molecular weight is 241 g/mol. The quantitative estimate of drug-likeness (QED) is 0.671. The maximum atomic E-state index is 5.41. The fraction of sp³-hybridized carbons (Fsp3) is 0.692. The number of hydrogen-bond donors (Lipinski definition) is 1. The molecule has 3 heteroatoms. The normalized spacial score (nSPS) is 12.9. The molecule has 1 N–H and O–H groups in total. The molecule has 1 rings (SSSR count). The molecule has 1 unspecified atom stereocenters. The maximum Gasteiger partial charge on any atom is 0.0480 e. The van der Waals surface area contributed by atoms with Crippen LogP contribution in [0.5, 0.6) is 0 Å². The average Bonchev–Trinajstić information content (AvgIpc) is 2.79. The van der Waals surface area contributed by atoms with Gasteiger partial charge in [-0.3, -0.25) is 0 Å². The Bertz CT molecular complexity index is 248. The number of hydrogen-bond acceptors (Lipinski definition) is 3. The summed E-state index contributed by atoms with van der Waals surface area (Å²) >= 11 is 1.85. The lowest BCUT2D eigenvalue weighted by Crippen LogP contribution is -2.30. The lowest BCUT2D eigenvalue weighted by molar-refractivity contribution is 0.135. The molecule has 0 aliphatic heterocycles. The predicted molar refractivity (Wildman–Crippen MR) is 71.2 cm³/mol. The molecule has 0 aliphatic carbocycles. The molecule has 0 spiro atoms. The molecule has 0 aliphatic rings. The summed E-state index contributed by atoms with van der Waals surface area (Å²) in [5.74, 6) is 0. The number of rotatable bonds is 9. The van der Waals surface area contributed by atoms with Gasteiger partial charge in [-0.25, -0.2) is 0 Å². The van der Waals surface area contributed by atoms with Crippen LogP contribution in [0.3, 0.4) is 0 Å². The van der Waals surface area contributed by atoms with Gasteiger partial charge in [0, 0.05) is 24.1 Å². The van der Waals surface area contributed by atoms with Crippen molar-refractivity contribution in [3.8, 4) is 0 Å². The third-order valence-electron chi connectivity index (χ3n) is 2.63. The molecule has 16 heavy (non-hydrogen) atoms. The van der Waals surface area contributed by atoms with Gasteiger partial charge in [-0.1, -0.05) is 13.0 Å². The van der Waals surface area contributed by atoms with E-state index in [1.54, 1.807) is 0 Å². The number of ether oxygens (including phenoxy) is 1. The molecule has 1 aromatic heterocycles. The fourth-order valence-corrected chi connectivity index (χ4v) is 2.50. The molecule has 0 saturated carbocycles. The van der Waals surface area contributed by atoms with Crippen molar-refractivity contribution in [3.63, 3.8) is 0 Å². The highest BCUT2D eigenvalue weighted by Crippen LogP contribution is 2.13. The smallest absolute Gasteiger partial charge is 0.0480 e. The molecule has 1 aromatic rings. The van der Waals surface area contributed by atoms with Crippen LogP contribution in [-0.4, -0.2) is 25.8 Å². The van der Waals surface area contributed by atoms with Crippen LogP contribution in [0.2, 0.25) is 0 Å². The Balaban J connectivity index is 2.21. The van der Waals surface area contributed by atoms with E-state index in [9.17, 15) is 0 Å². The lowest BCUT2D eigenvalue weighted by Gasteiger charge is -2.17. The van der Waals surface area contributed by atoms with Crippen molar-refractivity contribution in [1.29, 1.82) is 0 Å². The zero-order chi connectivity index (χ0) is 11.6. The molecule has 0 bridgehead atoms. The van der Waals surface area contributed by atoms with Crippen LogP contribution in [0.1, 0.15) is 31.6 Å². The van der Waals surface area contributed by atoms with E-state index in [1.807, 2.05) is 18.3 Å². The van der Waals surface area contributed by atoms with E-state index in [0.717, 1.165) is 26.2 Å². The van der Waals surface area contributed by atoms with Crippen molar-refractivity contribution in [2.75, 3.05) is 19.8 Å². The van der Waals surface area contributed by atoms with Crippen LogP contribution in [0.25, 0.3) is 0 Å². The molecule has 0 aromatic carbocycles. The van der Waals surface area contributed by atoms with Crippen LogP contribution in [0, 0.1) is 0 Å². The van der Waals surface area contributed by atoms with Crippen LogP contribution < -0.4 is 5.32 Å². The minimum absolute atomic E-state index is 0.596. The SMILES string of the molecule is CCNC(CCOCC)CCc1cccs1. The van der Waals surface area contributed by atoms with Crippen LogP contribution in [0.4, 0.5) is 0 Å². The molecule has 92 valence electrons. The number of aryl methyl sites for hydroxylation is 1. The van der Waals surface area contributed by atoms with Crippen molar-refractivity contribution >= 4 is 11.3 Å². The minimum Gasteiger partial charge on any atom is -0.382 e. The molecular formula is C13H23NOS. The van der Waals surface area contributed by atoms with Crippen LogP contribution in [-0.2, 0) is 11.2 Å². The van der Waals surface area contributed by atoms with Crippen molar-refractivity contribution in [2.24, 2.45) is 0 Å². The second-order valence-electron chi connectivity index (χ2n) is 3.86. The van der Waals surface area contributed by atoms with Gasteiger partial charge in [-0.15, -0.1) is 11.3 Å². The lowest BCUT2D eigenvalue weighted by atomic mass is 10.1. The summed E-state index contributed by atoms with van der Waals surface area (Å²) in [5, 5.41) is 5.68. The largest absolute Gasteiger partial charge is 0.382 e. The summed E-state index contributed by atoms with van der Waals surface area (Å²) in [7, 11) is 0. The van der Waals surface area contributed by atoms with E-state index in [1.165, 1.54) is 17.7 Å². The van der Waals surface area contributed by atoms with Crippen molar-refractivity contribution in [1.82, 2.24) is 5.32 Å². The molecule has 0 fully saturated rings. The Morgan fingerprint density at radius 1 is 1.38 bits per heavy atom. The number of thiophene rings is 1. The van der Waals surface area contributed by atoms with Crippen molar-refractivity contribution in [2.45, 2.75) is 39.2 Å². The second-order valence-corrected chi connectivity index (χ2v) is 4.89. The topological polar surface area (TPSA) is 21.3 Å². The monoisotopic (exact) mass is 241 g/mol. The Morgan fingerprint density at radius 3 is 2.88 bits per heavy atom. The zero-order valence-electron chi connectivity index (χ0n) is 10.4. The summed E-state index contributed by atoms with van der Waals surface area (Å²) < 4.78 is 5.41. The van der Waals surface area contributed by atoms with Gasteiger partial charge in [0.25, 0.3) is 0 Å². The Morgan fingerprint density at radius 2 is 2.25 bits per heavy atom. The highest BCUT2D eigenvalue weighted by Gasteiger charge is 2.07. The summed E-state index contributed by atoms with van der Waals surface area (Å²) in [6.07, 6.45) is 3.51. The molecule has 2 nitrogen and oxygen atoms in total. The summed E-state index contributed by atoms with van der Waals surface area (Å²) in [6, 6.07) is 4.94. The van der Waals surface area contributed by atoms with E-state index in [2.05, 4.69) is 29.8 Å². The van der Waals surface area contributed by atoms with E-state index in [-0.39, 0.29) is 0 Å². The molecular weight excluding hydrogens is 218 g/mol. The fourth-order valence-electron chi connectivity index (χ4n) is 1.78. The first-order valence-electron chi connectivity index (χ1n) is 6.20. The van der Waals surface area contributed by atoms with E-state index < -0.39 is 0 Å². The summed E-state index contributed by atoms with van der Waals surface area (Å²) in [5.41, 5.74) is 0. The standard InChI is InChI=1S/C13H23NOS/c1-3-14-12(9-10-15-4-2)7-8-13-6-5-11-16-13/h5-6,11-12,14H,3-4,7-10H2,1-2H3. The first-order valence-corrected chi connectivity index (χ1v) is 7.08. The molecule has 0 amide bonds. The molecule has 1 heterocycles. The Labute approximate surface area is 103 Å². The minimum atomic E-state index is 0.596. The Kier molecular flexibility index (Phi) is 7.47. The van der Waals surface area contributed by atoms with Gasteiger partial charge in [0.1, 0.15) is 0 Å². The third kappa shape index (κ3) is 5.64. The van der Waals surface area contributed by atoms with Crippen molar-refractivity contribution in [3.05, 3.63) is 22.4 Å². The van der Waals surface area contributed by atoms with Crippen molar-refractivity contribution < 1.29 is 4.74 Å². The summed E-state index contributed by atoms with van der Waals surface area (Å²) in [4.78, 5) is 1.49. The first-order chi connectivity index (χ1) is 7.86. The zero-order valence-corrected chi connectivity index (χ0v) is 11.2. The highest BCUT2D eigenvalue weighted by molar-refractivity contribution is 7.09. The Hall–Kier alpha value is -0.380. The van der Waals surface area contributed by atoms with Gasteiger partial charge in [-0.05, 0) is 44.2 Å². The third-order valence-corrected chi connectivity index (χ3v) is 3.56. The van der Waals surface area contributed by atoms with Gasteiger partial charge in [0.15, 0.2) is 0 Å². The van der Waals surface area contributed by atoms with Gasteiger partial charge in [0.05, 0.1) is 0 Å². The molecule has 0 radical (unpaired) electrons. The predicted octanol–water partition coefficient (Wildman–Crippen LogP) is 3.09. The van der Waals surface area contributed by atoms with E-state index in [4.69, 9.17) is 4.74 Å². The van der Waals surface area contributed by atoms with Crippen LogP contribution in [0.15, 0.2) is 17.5 Å². The molecule has 0 saturated heterocycles. The van der Waals surface area contributed by atoms with E-state index in [0.29, 0.717) is 6.04 Å². The number of nitrogens with one attached hydrogen (secondary N) is 1. The highest BCUT2D eigenvalue weighted by atomic mass is 32.1. The van der Waals surface area contributed by atoms with Gasteiger partial charge in [-0.2, -0.15) is 0 Å². The van der Waals surface area contributed by atoms with E-state index >= 15 is 0 Å². The van der Waals surface area contributed by atoms with Gasteiger partial charge in [0.2, 0.25) is 0 Å².